The van der Waals surface area contributed by atoms with Crippen LogP contribution in [0.15, 0.2) is 4.42 Å². The van der Waals surface area contributed by atoms with Crippen LogP contribution in [-0.4, -0.2) is 27.8 Å². The minimum atomic E-state index is -0.743. The summed E-state index contributed by atoms with van der Waals surface area (Å²) in [5.41, 5.74) is 15.9. The van der Waals surface area contributed by atoms with E-state index in [1.807, 2.05) is 0 Å². The monoisotopic (exact) mass is 215 g/mol. The van der Waals surface area contributed by atoms with Crippen molar-refractivity contribution in [3.8, 4) is 0 Å². The van der Waals surface area contributed by atoms with Gasteiger partial charge >= 0.3 is 0 Å². The Morgan fingerprint density at radius 3 is 2.33 bits per heavy atom. The first-order valence-electron chi connectivity index (χ1n) is 4.28. The Morgan fingerprint density at radius 2 is 1.87 bits per heavy atom. The van der Waals surface area contributed by atoms with E-state index in [1.54, 1.807) is 0 Å². The fourth-order valence-electron chi connectivity index (χ4n) is 0.928. The number of carbonyl (C=O) groups excluding carboxylic acids is 1. The van der Waals surface area contributed by atoms with Gasteiger partial charge in [0.05, 0.1) is 19.1 Å². The first kappa shape index (κ1) is 11.6. The maximum absolute atomic E-state index is 10.6. The van der Waals surface area contributed by atoms with Crippen LogP contribution in [0.3, 0.4) is 0 Å². The molecule has 0 aromatic carbocycles. The fraction of sp³-hybridized carbons (Fsp3) is 0.571. The second-order valence-corrected chi connectivity index (χ2v) is 3.04. The molecule has 1 amide bonds. The highest BCUT2D eigenvalue weighted by molar-refractivity contribution is 5.74. The van der Waals surface area contributed by atoms with Crippen molar-refractivity contribution in [2.75, 3.05) is 6.61 Å². The number of amides is 1. The molecule has 1 aromatic heterocycles. The van der Waals surface area contributed by atoms with E-state index in [9.17, 15) is 4.79 Å². The van der Waals surface area contributed by atoms with Gasteiger partial charge in [-0.3, -0.25) is 4.79 Å². The lowest BCUT2D eigenvalue weighted by molar-refractivity contribution is -0.118. The smallest absolute Gasteiger partial charge is 0.235 e. The molecule has 0 saturated heterocycles. The van der Waals surface area contributed by atoms with Crippen LogP contribution >= 0.6 is 0 Å². The van der Waals surface area contributed by atoms with Crippen LogP contribution in [0.2, 0.25) is 0 Å². The Morgan fingerprint density at radius 1 is 1.33 bits per heavy atom. The van der Waals surface area contributed by atoms with Crippen molar-refractivity contribution >= 4 is 5.91 Å². The summed E-state index contributed by atoms with van der Waals surface area (Å²) in [6, 6.07) is -1.48. The summed E-state index contributed by atoms with van der Waals surface area (Å²) in [5, 5.41) is 15.9. The van der Waals surface area contributed by atoms with Crippen molar-refractivity contribution in [2.24, 2.45) is 17.2 Å². The van der Waals surface area contributed by atoms with Crippen molar-refractivity contribution < 1.29 is 14.3 Å². The van der Waals surface area contributed by atoms with Gasteiger partial charge in [0, 0.05) is 0 Å². The number of aromatic nitrogens is 2. The highest BCUT2D eigenvalue weighted by Gasteiger charge is 2.19. The number of primary amides is 1. The molecule has 8 nitrogen and oxygen atoms in total. The third kappa shape index (κ3) is 2.98. The number of hydrogen-bond donors (Lipinski definition) is 4. The lowest BCUT2D eigenvalue weighted by atomic mass is 10.2. The van der Waals surface area contributed by atoms with E-state index in [1.165, 1.54) is 0 Å². The maximum atomic E-state index is 10.6. The minimum Gasteiger partial charge on any atom is -0.422 e. The molecule has 0 spiro atoms. The molecule has 0 unspecified atom stereocenters. The zero-order chi connectivity index (χ0) is 11.4. The molecule has 1 aromatic rings. The molecule has 84 valence electrons. The molecular formula is C7H13N5O3. The van der Waals surface area contributed by atoms with Gasteiger partial charge in [-0.2, -0.15) is 0 Å². The van der Waals surface area contributed by atoms with Gasteiger partial charge in [0.2, 0.25) is 17.7 Å². The largest absolute Gasteiger partial charge is 0.422 e. The van der Waals surface area contributed by atoms with Crippen LogP contribution in [0.5, 0.6) is 0 Å². The number of nitrogens with zero attached hydrogens (tertiary/aromatic N) is 2. The molecule has 1 rings (SSSR count). The molecule has 7 N–H and O–H groups in total. The summed E-state index contributed by atoms with van der Waals surface area (Å²) in [6.45, 7) is -0.313. The van der Waals surface area contributed by atoms with Gasteiger partial charge in [-0.25, -0.2) is 0 Å². The van der Waals surface area contributed by atoms with Gasteiger partial charge in [0.1, 0.15) is 6.04 Å². The number of nitrogens with two attached hydrogens (primary N) is 3. The molecule has 0 aliphatic heterocycles. The SMILES string of the molecule is NC(=O)C[C@H](N)c1nnc([C@@H](N)CO)o1. The molecule has 2 atom stereocenters. The predicted molar refractivity (Wildman–Crippen MR) is 49.1 cm³/mol. The molecule has 0 bridgehead atoms. The Balaban J connectivity index is 2.70. The summed E-state index contributed by atoms with van der Waals surface area (Å²) in [5.74, 6) is -0.408. The van der Waals surface area contributed by atoms with Gasteiger partial charge in [-0.1, -0.05) is 0 Å². The van der Waals surface area contributed by atoms with Crippen molar-refractivity contribution in [3.05, 3.63) is 11.8 Å². The molecule has 0 saturated carbocycles. The van der Waals surface area contributed by atoms with Crippen LogP contribution in [0, 0.1) is 0 Å². The van der Waals surface area contributed by atoms with Crippen molar-refractivity contribution in [1.29, 1.82) is 0 Å². The van der Waals surface area contributed by atoms with Crippen LogP contribution in [0.25, 0.3) is 0 Å². The summed E-state index contributed by atoms with van der Waals surface area (Å²) in [6.07, 6.45) is -0.0873. The average Bonchev–Trinajstić information content (AvgIpc) is 2.64. The lowest BCUT2D eigenvalue weighted by Gasteiger charge is -2.03. The number of aliphatic hydroxyl groups is 1. The molecule has 8 heteroatoms. The van der Waals surface area contributed by atoms with E-state index in [0.29, 0.717) is 0 Å². The fourth-order valence-corrected chi connectivity index (χ4v) is 0.928. The molecular weight excluding hydrogens is 202 g/mol. The summed E-state index contributed by atoms with van der Waals surface area (Å²) in [7, 11) is 0. The minimum absolute atomic E-state index is 0.0763. The number of hydrogen-bond acceptors (Lipinski definition) is 7. The lowest BCUT2D eigenvalue weighted by Crippen LogP contribution is -2.21. The molecule has 1 heterocycles. The van der Waals surface area contributed by atoms with Gasteiger partial charge in [-0.05, 0) is 0 Å². The van der Waals surface area contributed by atoms with Crippen LogP contribution in [-0.2, 0) is 4.79 Å². The first-order chi connectivity index (χ1) is 7.04. The van der Waals surface area contributed by atoms with Gasteiger partial charge < -0.3 is 26.7 Å². The molecule has 15 heavy (non-hydrogen) atoms. The Bertz CT molecular complexity index is 339. The van der Waals surface area contributed by atoms with E-state index in [4.69, 9.17) is 26.7 Å². The van der Waals surface area contributed by atoms with Crippen molar-refractivity contribution in [3.63, 3.8) is 0 Å². The second kappa shape index (κ2) is 4.82. The Kier molecular flexibility index (Phi) is 3.72. The Hall–Kier alpha value is -1.51. The summed E-state index contributed by atoms with van der Waals surface area (Å²) < 4.78 is 5.06. The highest BCUT2D eigenvalue weighted by Crippen LogP contribution is 2.14. The van der Waals surface area contributed by atoms with Crippen LogP contribution < -0.4 is 17.2 Å². The van der Waals surface area contributed by atoms with Gasteiger partial charge in [0.15, 0.2) is 0 Å². The molecule has 0 aliphatic carbocycles. The van der Waals surface area contributed by atoms with Crippen LogP contribution in [0.4, 0.5) is 0 Å². The number of aliphatic hydroxyl groups excluding tert-OH is 1. The topological polar surface area (TPSA) is 154 Å². The maximum Gasteiger partial charge on any atom is 0.235 e. The summed E-state index contributed by atoms with van der Waals surface area (Å²) >= 11 is 0. The molecule has 0 fully saturated rings. The zero-order valence-corrected chi connectivity index (χ0v) is 7.96. The highest BCUT2D eigenvalue weighted by atomic mass is 16.4. The van der Waals surface area contributed by atoms with Gasteiger partial charge in [-0.15, -0.1) is 10.2 Å². The van der Waals surface area contributed by atoms with Crippen LogP contribution in [0.1, 0.15) is 30.3 Å². The number of carbonyl (C=O) groups is 1. The van der Waals surface area contributed by atoms with E-state index in [0.717, 1.165) is 0 Å². The average molecular weight is 215 g/mol. The second-order valence-electron chi connectivity index (χ2n) is 3.04. The summed E-state index contributed by atoms with van der Waals surface area (Å²) in [4.78, 5) is 10.6. The molecule has 0 aliphatic rings. The normalized spacial score (nSPS) is 14.9. The Labute approximate surface area is 85.4 Å². The molecule has 0 radical (unpaired) electrons. The van der Waals surface area contributed by atoms with E-state index < -0.39 is 18.0 Å². The van der Waals surface area contributed by atoms with Crippen molar-refractivity contribution in [1.82, 2.24) is 10.2 Å². The quantitative estimate of drug-likeness (QED) is 0.440. The van der Waals surface area contributed by atoms with E-state index in [-0.39, 0.29) is 24.8 Å². The first-order valence-corrected chi connectivity index (χ1v) is 4.28. The third-order valence-electron chi connectivity index (χ3n) is 1.71. The van der Waals surface area contributed by atoms with Gasteiger partial charge in [0.25, 0.3) is 0 Å². The number of rotatable bonds is 5. The predicted octanol–water partition coefficient (Wildman–Crippen LogP) is -2.06. The van der Waals surface area contributed by atoms with E-state index in [2.05, 4.69) is 10.2 Å². The standard InChI is InChI=1S/C7H13N5O3/c8-3(1-5(10)14)6-11-12-7(15-6)4(9)2-13/h3-4,13H,1-2,8-9H2,(H2,10,14)/t3-,4-/m0/s1. The third-order valence-corrected chi connectivity index (χ3v) is 1.71. The zero-order valence-electron chi connectivity index (χ0n) is 7.96. The van der Waals surface area contributed by atoms with E-state index >= 15 is 0 Å². The van der Waals surface area contributed by atoms with Crippen molar-refractivity contribution in [2.45, 2.75) is 18.5 Å².